The predicted molar refractivity (Wildman–Crippen MR) is 157 cm³/mol. The van der Waals surface area contributed by atoms with Gasteiger partial charge in [0.15, 0.2) is 23.4 Å². The SMILES string of the molecule is COc1cc(-c2oc3cc(O)cc(O)c3c(=O)c2OC2OC(CO)C(O)C(O)C2OC(=O)C=Cc2ccc(O)cc2)cc(O)c1O. The molecule has 15 nitrogen and oxygen atoms in total. The van der Waals surface area contributed by atoms with Crippen LogP contribution in [-0.4, -0.2) is 91.2 Å². The topological polar surface area (TPSA) is 246 Å². The number of methoxy groups -OCH3 is 1. The molecule has 8 N–H and O–H groups in total. The number of benzene rings is 3. The van der Waals surface area contributed by atoms with Crippen LogP contribution >= 0.6 is 0 Å². The fraction of sp³-hybridized carbons (Fsp3) is 0.226. The van der Waals surface area contributed by atoms with E-state index >= 15 is 0 Å². The zero-order valence-electron chi connectivity index (χ0n) is 23.8. The molecule has 1 aliphatic rings. The summed E-state index contributed by atoms with van der Waals surface area (Å²) in [4.78, 5) is 26.6. The molecule has 1 fully saturated rings. The third kappa shape index (κ3) is 6.20. The van der Waals surface area contributed by atoms with Gasteiger partial charge in [0.2, 0.25) is 23.2 Å². The molecule has 5 atom stereocenters. The first-order valence-electron chi connectivity index (χ1n) is 13.5. The fourth-order valence-corrected chi connectivity index (χ4v) is 4.76. The third-order valence-electron chi connectivity index (χ3n) is 7.07. The van der Waals surface area contributed by atoms with Crippen molar-refractivity contribution in [1.29, 1.82) is 0 Å². The van der Waals surface area contributed by atoms with Gasteiger partial charge in [0.1, 0.15) is 46.5 Å². The summed E-state index contributed by atoms with van der Waals surface area (Å²) in [5.74, 6) is -4.99. The molecule has 242 valence electrons. The van der Waals surface area contributed by atoms with Gasteiger partial charge in [-0.1, -0.05) is 12.1 Å². The van der Waals surface area contributed by atoms with E-state index in [1.54, 1.807) is 0 Å². The molecule has 1 aromatic heterocycles. The Hall–Kier alpha value is -5.48. The number of esters is 1. The molecule has 0 saturated carbocycles. The lowest BCUT2D eigenvalue weighted by Crippen LogP contribution is -2.61. The minimum Gasteiger partial charge on any atom is -0.508 e. The lowest BCUT2D eigenvalue weighted by atomic mass is 9.99. The molecule has 0 bridgehead atoms. The first kappa shape index (κ1) is 31.9. The van der Waals surface area contributed by atoms with Crippen LogP contribution in [0.1, 0.15) is 5.56 Å². The number of aromatic hydroxyl groups is 5. The summed E-state index contributed by atoms with van der Waals surface area (Å²) in [6.45, 7) is -0.832. The predicted octanol–water partition coefficient (Wildman–Crippen LogP) is 1.44. The van der Waals surface area contributed by atoms with Gasteiger partial charge in [-0.3, -0.25) is 4.79 Å². The average molecular weight is 641 g/mol. The Labute approximate surface area is 258 Å². The number of hydrogen-bond acceptors (Lipinski definition) is 15. The van der Waals surface area contributed by atoms with Crippen LogP contribution < -0.4 is 14.9 Å². The van der Waals surface area contributed by atoms with Crippen LogP contribution in [0, 0.1) is 0 Å². The maximum Gasteiger partial charge on any atom is 0.331 e. The van der Waals surface area contributed by atoms with Crippen LogP contribution in [0.3, 0.4) is 0 Å². The number of phenolic OH excluding ortho intramolecular Hbond substituents is 5. The third-order valence-corrected chi connectivity index (χ3v) is 7.07. The number of phenols is 5. The Balaban J connectivity index is 1.60. The number of hydrogen-bond donors (Lipinski definition) is 8. The van der Waals surface area contributed by atoms with Crippen LogP contribution in [0.2, 0.25) is 0 Å². The Morgan fingerprint density at radius 2 is 1.65 bits per heavy atom. The van der Waals surface area contributed by atoms with Crippen molar-refractivity contribution in [2.24, 2.45) is 0 Å². The molecule has 5 rings (SSSR count). The average Bonchev–Trinajstić information content (AvgIpc) is 3.02. The van der Waals surface area contributed by atoms with Crippen molar-refractivity contribution in [3.63, 3.8) is 0 Å². The van der Waals surface area contributed by atoms with Gasteiger partial charge in [0, 0.05) is 23.8 Å². The molecule has 1 saturated heterocycles. The van der Waals surface area contributed by atoms with Gasteiger partial charge in [0.25, 0.3) is 0 Å². The highest BCUT2D eigenvalue weighted by atomic mass is 16.7. The van der Waals surface area contributed by atoms with E-state index in [0.29, 0.717) is 5.56 Å². The molecule has 46 heavy (non-hydrogen) atoms. The van der Waals surface area contributed by atoms with Gasteiger partial charge in [0.05, 0.1) is 13.7 Å². The van der Waals surface area contributed by atoms with Gasteiger partial charge >= 0.3 is 5.97 Å². The van der Waals surface area contributed by atoms with Gasteiger partial charge in [-0.25, -0.2) is 4.79 Å². The van der Waals surface area contributed by atoms with Crippen molar-refractivity contribution >= 4 is 23.0 Å². The number of aliphatic hydroxyl groups excluding tert-OH is 3. The molecule has 15 heteroatoms. The maximum absolute atomic E-state index is 13.8. The van der Waals surface area contributed by atoms with Gasteiger partial charge < -0.3 is 64.2 Å². The second-order valence-corrected chi connectivity index (χ2v) is 10.1. The normalized spacial score (nSPS) is 21.3. The number of ether oxygens (including phenoxy) is 4. The van der Waals surface area contributed by atoms with Gasteiger partial charge in [-0.2, -0.15) is 0 Å². The zero-order valence-corrected chi connectivity index (χ0v) is 23.8. The second kappa shape index (κ2) is 12.9. The standard InChI is InChI=1S/C31H28O15/c1-42-20-9-14(8-18(36)24(20)38)28-29(26(40)23-17(35)10-16(34)11-19(23)43-28)46-31-30(27(41)25(39)21(12-32)44-31)45-22(37)7-4-13-2-5-15(33)6-3-13/h2-11,21,25,27,30-36,38-39,41H,12H2,1H3. The number of aliphatic hydroxyl groups is 3. The smallest absolute Gasteiger partial charge is 0.331 e. The van der Waals surface area contributed by atoms with Crippen molar-refractivity contribution < 1.29 is 69.0 Å². The summed E-state index contributed by atoms with van der Waals surface area (Å²) in [6.07, 6.45) is -6.59. The Kier molecular flexibility index (Phi) is 8.93. The van der Waals surface area contributed by atoms with E-state index in [9.17, 15) is 50.4 Å². The summed E-state index contributed by atoms with van der Waals surface area (Å²) in [6, 6.07) is 9.81. The van der Waals surface area contributed by atoms with Crippen molar-refractivity contribution in [3.05, 3.63) is 70.4 Å². The molecule has 0 aliphatic carbocycles. The summed E-state index contributed by atoms with van der Waals surface area (Å²) in [5, 5.41) is 81.1. The van der Waals surface area contributed by atoms with Crippen LogP contribution in [0.25, 0.3) is 28.4 Å². The van der Waals surface area contributed by atoms with E-state index in [-0.39, 0.29) is 22.6 Å². The molecule has 0 radical (unpaired) electrons. The minimum atomic E-state index is -1.92. The first-order valence-corrected chi connectivity index (χ1v) is 13.5. The van der Waals surface area contributed by atoms with Crippen molar-refractivity contribution in [2.45, 2.75) is 30.7 Å². The van der Waals surface area contributed by atoms with Crippen molar-refractivity contribution in [2.75, 3.05) is 13.7 Å². The largest absolute Gasteiger partial charge is 0.508 e. The molecule has 5 unspecified atom stereocenters. The quantitative estimate of drug-likeness (QED) is 0.0771. The van der Waals surface area contributed by atoms with E-state index in [2.05, 4.69) is 0 Å². The van der Waals surface area contributed by atoms with Crippen LogP contribution in [-0.2, 0) is 14.3 Å². The Morgan fingerprint density at radius 1 is 0.935 bits per heavy atom. The fourth-order valence-electron chi connectivity index (χ4n) is 4.76. The Morgan fingerprint density at radius 3 is 2.33 bits per heavy atom. The first-order chi connectivity index (χ1) is 21.9. The summed E-state index contributed by atoms with van der Waals surface area (Å²) >= 11 is 0. The lowest BCUT2D eigenvalue weighted by Gasteiger charge is -2.41. The minimum absolute atomic E-state index is 0.00163. The summed E-state index contributed by atoms with van der Waals surface area (Å²) < 4.78 is 27.7. The van der Waals surface area contributed by atoms with E-state index in [4.69, 9.17) is 23.4 Å². The molecule has 0 spiro atoms. The molecular weight excluding hydrogens is 612 g/mol. The lowest BCUT2D eigenvalue weighted by molar-refractivity contribution is -0.281. The van der Waals surface area contributed by atoms with E-state index in [1.807, 2.05) is 0 Å². The number of rotatable bonds is 8. The molecule has 2 heterocycles. The highest BCUT2D eigenvalue weighted by Gasteiger charge is 2.48. The monoisotopic (exact) mass is 640 g/mol. The van der Waals surface area contributed by atoms with E-state index < -0.39 is 88.6 Å². The molecule has 4 aromatic rings. The number of carbonyl (C=O) groups excluding carboxylic acids is 1. The van der Waals surface area contributed by atoms with Crippen LogP contribution in [0.4, 0.5) is 0 Å². The molecule has 0 amide bonds. The van der Waals surface area contributed by atoms with Crippen LogP contribution in [0.5, 0.6) is 40.2 Å². The summed E-state index contributed by atoms with van der Waals surface area (Å²) in [5.41, 5.74) is -1.00. The molecule has 3 aromatic carbocycles. The number of fused-ring (bicyclic) bond motifs is 1. The zero-order chi connectivity index (χ0) is 33.3. The molecular formula is C31H28O15. The van der Waals surface area contributed by atoms with Gasteiger partial charge in [-0.15, -0.1) is 0 Å². The van der Waals surface area contributed by atoms with Crippen LogP contribution in [0.15, 0.2) is 63.8 Å². The second-order valence-electron chi connectivity index (χ2n) is 10.1. The van der Waals surface area contributed by atoms with E-state index in [0.717, 1.165) is 30.3 Å². The summed E-state index contributed by atoms with van der Waals surface area (Å²) in [7, 11) is 1.19. The Bertz CT molecular complexity index is 1850. The van der Waals surface area contributed by atoms with Gasteiger partial charge in [-0.05, 0) is 35.9 Å². The van der Waals surface area contributed by atoms with E-state index in [1.165, 1.54) is 37.5 Å². The highest BCUT2D eigenvalue weighted by Crippen LogP contribution is 2.43. The molecule has 1 aliphatic heterocycles. The highest BCUT2D eigenvalue weighted by molar-refractivity contribution is 5.89. The number of carbonyl (C=O) groups is 1. The van der Waals surface area contributed by atoms with Crippen molar-refractivity contribution in [3.8, 4) is 51.6 Å². The van der Waals surface area contributed by atoms with Crippen molar-refractivity contribution in [1.82, 2.24) is 0 Å². The maximum atomic E-state index is 13.8.